The van der Waals surface area contributed by atoms with Gasteiger partial charge >= 0.3 is 0 Å². The van der Waals surface area contributed by atoms with Crippen LogP contribution in [0.5, 0.6) is 5.75 Å². The summed E-state index contributed by atoms with van der Waals surface area (Å²) in [6, 6.07) is 23.0. The van der Waals surface area contributed by atoms with Crippen molar-refractivity contribution in [2.75, 3.05) is 13.2 Å². The van der Waals surface area contributed by atoms with Crippen LogP contribution in [0.4, 0.5) is 0 Å². The predicted molar refractivity (Wildman–Crippen MR) is 153 cm³/mol. The van der Waals surface area contributed by atoms with Crippen LogP contribution in [-0.2, 0) is 5.54 Å². The minimum Gasteiger partial charge on any atom is -0.492 e. The largest absolute Gasteiger partial charge is 0.492 e. The van der Waals surface area contributed by atoms with E-state index in [9.17, 15) is 4.79 Å². The van der Waals surface area contributed by atoms with Gasteiger partial charge in [-0.2, -0.15) is 0 Å². The molecule has 2 heterocycles. The van der Waals surface area contributed by atoms with Crippen molar-refractivity contribution in [3.05, 3.63) is 106 Å². The Labute approximate surface area is 223 Å². The minimum atomic E-state index is -0.398. The van der Waals surface area contributed by atoms with Gasteiger partial charge in [-0.05, 0) is 92.2 Å². The Morgan fingerprint density at radius 2 is 1.89 bits per heavy atom. The number of aromatic nitrogens is 1. The third-order valence-corrected chi connectivity index (χ3v) is 7.70. The van der Waals surface area contributed by atoms with Gasteiger partial charge in [-0.25, -0.2) is 0 Å². The molecule has 0 spiro atoms. The zero-order valence-electron chi connectivity index (χ0n) is 22.0. The molecule has 0 unspecified atom stereocenters. The third-order valence-electron chi connectivity index (χ3n) is 7.70. The zero-order chi connectivity index (χ0) is 26.1. The van der Waals surface area contributed by atoms with E-state index in [4.69, 9.17) is 4.74 Å². The first kappa shape index (κ1) is 24.4. The lowest BCUT2D eigenvalue weighted by Crippen LogP contribution is -2.46. The molecule has 1 aliphatic carbocycles. The first-order valence-corrected chi connectivity index (χ1v) is 13.4. The summed E-state index contributed by atoms with van der Waals surface area (Å²) in [5.41, 5.74) is 6.73. The molecule has 6 rings (SSSR count). The third kappa shape index (κ3) is 5.07. The van der Waals surface area contributed by atoms with Crippen molar-refractivity contribution in [1.82, 2.24) is 15.6 Å². The highest BCUT2D eigenvalue weighted by molar-refractivity contribution is 5.97. The molecule has 5 heteroatoms. The summed E-state index contributed by atoms with van der Waals surface area (Å²) in [4.78, 5) is 18.3. The van der Waals surface area contributed by atoms with Gasteiger partial charge < -0.3 is 15.4 Å². The molecule has 1 saturated heterocycles. The second-order valence-corrected chi connectivity index (χ2v) is 10.6. The van der Waals surface area contributed by atoms with Gasteiger partial charge in [-0.1, -0.05) is 54.1 Å². The van der Waals surface area contributed by atoms with Crippen molar-refractivity contribution in [3.8, 4) is 5.75 Å². The molecule has 4 aromatic rings. The summed E-state index contributed by atoms with van der Waals surface area (Å²) in [6.45, 7) is 5.74. The number of carbonyl (C=O) groups excluding carboxylic acids is 1. The Bertz CT molecular complexity index is 1530. The van der Waals surface area contributed by atoms with Gasteiger partial charge in [0.1, 0.15) is 12.4 Å². The molecule has 1 aromatic heterocycles. The summed E-state index contributed by atoms with van der Waals surface area (Å²) >= 11 is 0. The summed E-state index contributed by atoms with van der Waals surface area (Å²) in [5, 5.41) is 7.83. The maximum atomic E-state index is 13.6. The van der Waals surface area contributed by atoms with E-state index in [0.29, 0.717) is 18.2 Å². The van der Waals surface area contributed by atoms with Crippen molar-refractivity contribution < 1.29 is 9.53 Å². The lowest BCUT2D eigenvalue weighted by molar-refractivity contribution is 0.0930. The molecule has 1 amide bonds. The lowest BCUT2D eigenvalue weighted by Gasteiger charge is -2.27. The SMILES string of the molecule is Cc1cccc(/C=C/c2cc(C3(NC(=O)c4cc(OC[C@@H]5CCN5)ccc4C)CC3)c3cccnc3c2)c1. The summed E-state index contributed by atoms with van der Waals surface area (Å²) in [6.07, 6.45) is 9.02. The molecule has 0 radical (unpaired) electrons. The van der Waals surface area contributed by atoms with Crippen LogP contribution in [0, 0.1) is 13.8 Å². The average molecular weight is 504 g/mol. The fraction of sp³-hybridized carbons (Fsp3) is 0.273. The molecule has 192 valence electrons. The average Bonchev–Trinajstić information content (AvgIpc) is 3.67. The molecule has 1 saturated carbocycles. The number of carbonyl (C=O) groups is 1. The standard InChI is InChI=1S/C33H33N3O2/c1-22-5-3-6-24(17-22)9-10-25-18-30(28-7-4-15-35-31(28)19-25)33(13-14-33)36-32(37)29-20-27(11-8-23(29)2)38-21-26-12-16-34-26/h3-11,15,17-20,26,34H,12-14,16,21H2,1-2H3,(H,36,37)/b10-9+/t26-/m0/s1. The highest BCUT2D eigenvalue weighted by Gasteiger charge is 2.47. The summed E-state index contributed by atoms with van der Waals surface area (Å²) in [5.74, 6) is 0.669. The monoisotopic (exact) mass is 503 g/mol. The van der Waals surface area contributed by atoms with E-state index in [0.717, 1.165) is 64.7 Å². The van der Waals surface area contributed by atoms with Gasteiger partial charge in [0.15, 0.2) is 0 Å². The molecule has 1 aliphatic heterocycles. The highest BCUT2D eigenvalue weighted by Crippen LogP contribution is 2.48. The second-order valence-electron chi connectivity index (χ2n) is 10.6. The quantitative estimate of drug-likeness (QED) is 0.282. The van der Waals surface area contributed by atoms with Gasteiger partial charge in [-0.3, -0.25) is 9.78 Å². The van der Waals surface area contributed by atoms with Crippen LogP contribution in [0.15, 0.2) is 72.9 Å². The highest BCUT2D eigenvalue weighted by atomic mass is 16.5. The normalized spacial score (nSPS) is 17.8. The van der Waals surface area contributed by atoms with E-state index < -0.39 is 5.54 Å². The van der Waals surface area contributed by atoms with Crippen molar-refractivity contribution in [1.29, 1.82) is 0 Å². The van der Waals surface area contributed by atoms with Crippen molar-refractivity contribution in [3.63, 3.8) is 0 Å². The van der Waals surface area contributed by atoms with Crippen molar-refractivity contribution in [2.24, 2.45) is 0 Å². The number of pyridine rings is 1. The number of nitrogens with zero attached hydrogens (tertiary/aromatic N) is 1. The van der Waals surface area contributed by atoms with E-state index in [2.05, 4.69) is 77.2 Å². The first-order valence-electron chi connectivity index (χ1n) is 13.4. The molecule has 2 fully saturated rings. The fourth-order valence-electron chi connectivity index (χ4n) is 5.16. The molecular formula is C33H33N3O2. The number of hydrogen-bond acceptors (Lipinski definition) is 4. The topological polar surface area (TPSA) is 63.2 Å². The number of hydrogen-bond donors (Lipinski definition) is 2. The Hall–Kier alpha value is -3.96. The van der Waals surface area contributed by atoms with Crippen LogP contribution >= 0.6 is 0 Å². The van der Waals surface area contributed by atoms with Gasteiger partial charge in [0.25, 0.3) is 5.91 Å². The summed E-state index contributed by atoms with van der Waals surface area (Å²) < 4.78 is 5.97. The van der Waals surface area contributed by atoms with Gasteiger partial charge in [0, 0.05) is 23.2 Å². The van der Waals surface area contributed by atoms with E-state index in [1.54, 1.807) is 0 Å². The van der Waals surface area contributed by atoms with Crippen LogP contribution in [-0.4, -0.2) is 30.1 Å². The fourth-order valence-corrected chi connectivity index (χ4v) is 5.16. The van der Waals surface area contributed by atoms with E-state index in [1.165, 1.54) is 5.56 Å². The van der Waals surface area contributed by atoms with Crippen LogP contribution < -0.4 is 15.4 Å². The predicted octanol–water partition coefficient (Wildman–Crippen LogP) is 6.18. The Morgan fingerprint density at radius 1 is 1.05 bits per heavy atom. The Morgan fingerprint density at radius 3 is 2.66 bits per heavy atom. The lowest BCUT2D eigenvalue weighted by atomic mass is 9.95. The first-order chi connectivity index (χ1) is 18.5. The van der Waals surface area contributed by atoms with E-state index >= 15 is 0 Å². The van der Waals surface area contributed by atoms with Crippen LogP contribution in [0.1, 0.15) is 57.4 Å². The number of ether oxygens (including phenoxy) is 1. The second kappa shape index (κ2) is 10.1. The van der Waals surface area contributed by atoms with Gasteiger partial charge in [0.2, 0.25) is 0 Å². The molecule has 2 N–H and O–H groups in total. The van der Waals surface area contributed by atoms with Gasteiger partial charge in [-0.15, -0.1) is 0 Å². The molecule has 38 heavy (non-hydrogen) atoms. The Balaban J connectivity index is 1.28. The van der Waals surface area contributed by atoms with Crippen LogP contribution in [0.2, 0.25) is 0 Å². The zero-order valence-corrected chi connectivity index (χ0v) is 22.0. The molecule has 2 aliphatic rings. The van der Waals surface area contributed by atoms with Crippen LogP contribution in [0.25, 0.3) is 23.1 Å². The molecule has 1 atom stereocenters. The van der Waals surface area contributed by atoms with Gasteiger partial charge in [0.05, 0.1) is 11.1 Å². The number of aryl methyl sites for hydroxylation is 2. The molecular weight excluding hydrogens is 470 g/mol. The number of benzene rings is 3. The maximum absolute atomic E-state index is 13.6. The summed E-state index contributed by atoms with van der Waals surface area (Å²) in [7, 11) is 0. The molecule has 5 nitrogen and oxygen atoms in total. The maximum Gasteiger partial charge on any atom is 0.252 e. The molecule has 3 aromatic carbocycles. The van der Waals surface area contributed by atoms with E-state index in [1.807, 2.05) is 37.4 Å². The van der Waals surface area contributed by atoms with Crippen LogP contribution in [0.3, 0.4) is 0 Å². The molecule has 0 bridgehead atoms. The number of fused-ring (bicyclic) bond motifs is 1. The van der Waals surface area contributed by atoms with E-state index in [-0.39, 0.29) is 5.91 Å². The Kier molecular flexibility index (Phi) is 6.46. The minimum absolute atomic E-state index is 0.0648. The van der Waals surface area contributed by atoms with Crippen molar-refractivity contribution >= 4 is 29.0 Å². The number of rotatable bonds is 8. The number of amides is 1. The number of nitrogens with one attached hydrogen (secondary N) is 2. The van der Waals surface area contributed by atoms with Crippen molar-refractivity contribution in [2.45, 2.75) is 44.7 Å². The smallest absolute Gasteiger partial charge is 0.252 e.